The van der Waals surface area contributed by atoms with Crippen LogP contribution in [-0.4, -0.2) is 26.5 Å². The Morgan fingerprint density at radius 2 is 2.15 bits per heavy atom. The minimum absolute atomic E-state index is 0.0790. The molecule has 26 heavy (non-hydrogen) atoms. The Bertz CT molecular complexity index is 884. The molecular formula is C19H18FN5O. The highest BCUT2D eigenvalue weighted by Crippen LogP contribution is 2.33. The molecule has 1 fully saturated rings. The quantitative estimate of drug-likeness (QED) is 0.758. The van der Waals surface area contributed by atoms with Crippen molar-refractivity contribution < 1.29 is 9.13 Å². The molecule has 2 aromatic heterocycles. The Hall–Kier alpha value is -2.93. The van der Waals surface area contributed by atoms with E-state index in [1.807, 2.05) is 6.07 Å². The summed E-state index contributed by atoms with van der Waals surface area (Å²) < 4.78 is 19.1. The molecule has 1 aliphatic heterocycles. The number of rotatable bonds is 5. The first-order valence-corrected chi connectivity index (χ1v) is 8.53. The van der Waals surface area contributed by atoms with Crippen LogP contribution in [0.5, 0.6) is 0 Å². The van der Waals surface area contributed by atoms with Crippen molar-refractivity contribution in [1.82, 2.24) is 19.9 Å². The van der Waals surface area contributed by atoms with E-state index in [9.17, 15) is 4.39 Å². The van der Waals surface area contributed by atoms with E-state index in [0.717, 1.165) is 42.0 Å². The van der Waals surface area contributed by atoms with Crippen molar-refractivity contribution in [2.45, 2.75) is 25.5 Å². The molecule has 0 radical (unpaired) electrons. The molecule has 0 aliphatic carbocycles. The maximum Gasteiger partial charge on any atom is 0.223 e. The molecule has 0 amide bonds. The van der Waals surface area contributed by atoms with Crippen LogP contribution in [0.2, 0.25) is 0 Å². The maximum atomic E-state index is 13.3. The minimum Gasteiger partial charge on any atom is -0.372 e. The zero-order valence-corrected chi connectivity index (χ0v) is 14.1. The molecule has 3 aromatic rings. The molecule has 1 N–H and O–H groups in total. The molecule has 3 heterocycles. The SMILES string of the molecule is Fc1cccc(CNc2ncc(-c3cnccn3)c(C3CCCO3)n2)c1. The second-order valence-electron chi connectivity index (χ2n) is 6.07. The smallest absolute Gasteiger partial charge is 0.223 e. The molecule has 7 heteroatoms. The van der Waals surface area contributed by atoms with Crippen molar-refractivity contribution in [2.75, 3.05) is 11.9 Å². The summed E-state index contributed by atoms with van der Waals surface area (Å²) in [5.74, 6) is 0.218. The number of aromatic nitrogens is 4. The average Bonchev–Trinajstić information content (AvgIpc) is 3.22. The molecular weight excluding hydrogens is 333 g/mol. The fraction of sp³-hybridized carbons (Fsp3) is 0.263. The molecule has 4 rings (SSSR count). The number of ether oxygens (including phenoxy) is 1. The normalized spacial score (nSPS) is 16.6. The monoisotopic (exact) mass is 351 g/mol. The molecule has 0 spiro atoms. The van der Waals surface area contributed by atoms with Gasteiger partial charge in [0.1, 0.15) is 11.9 Å². The van der Waals surface area contributed by atoms with Gasteiger partial charge < -0.3 is 10.1 Å². The van der Waals surface area contributed by atoms with E-state index < -0.39 is 0 Å². The second-order valence-corrected chi connectivity index (χ2v) is 6.07. The van der Waals surface area contributed by atoms with Gasteiger partial charge in [0, 0.05) is 37.3 Å². The number of nitrogens with zero attached hydrogens (tertiary/aromatic N) is 4. The van der Waals surface area contributed by atoms with Crippen molar-refractivity contribution in [3.05, 3.63) is 66.1 Å². The lowest BCUT2D eigenvalue weighted by atomic mass is 10.1. The number of hydrogen-bond acceptors (Lipinski definition) is 6. The van der Waals surface area contributed by atoms with E-state index >= 15 is 0 Å². The van der Waals surface area contributed by atoms with E-state index in [0.29, 0.717) is 12.5 Å². The predicted molar refractivity (Wildman–Crippen MR) is 94.7 cm³/mol. The number of benzene rings is 1. The fourth-order valence-corrected chi connectivity index (χ4v) is 2.98. The summed E-state index contributed by atoms with van der Waals surface area (Å²) >= 11 is 0. The summed E-state index contributed by atoms with van der Waals surface area (Å²) in [4.78, 5) is 17.5. The van der Waals surface area contributed by atoms with Crippen molar-refractivity contribution in [3.8, 4) is 11.3 Å². The minimum atomic E-state index is -0.261. The van der Waals surface area contributed by atoms with E-state index in [2.05, 4.69) is 25.3 Å². The zero-order valence-electron chi connectivity index (χ0n) is 14.1. The highest BCUT2D eigenvalue weighted by molar-refractivity contribution is 5.61. The summed E-state index contributed by atoms with van der Waals surface area (Å²) in [5.41, 5.74) is 3.17. The topological polar surface area (TPSA) is 72.8 Å². The van der Waals surface area contributed by atoms with Gasteiger partial charge in [0.05, 0.1) is 17.6 Å². The maximum absolute atomic E-state index is 13.3. The van der Waals surface area contributed by atoms with Gasteiger partial charge in [-0.2, -0.15) is 0 Å². The Labute approximate surface area is 150 Å². The third-order valence-corrected chi connectivity index (χ3v) is 4.23. The van der Waals surface area contributed by atoms with Crippen LogP contribution in [0.1, 0.15) is 30.2 Å². The lowest BCUT2D eigenvalue weighted by molar-refractivity contribution is 0.109. The molecule has 1 aromatic carbocycles. The van der Waals surface area contributed by atoms with Gasteiger partial charge in [0.15, 0.2) is 0 Å². The van der Waals surface area contributed by atoms with Crippen molar-refractivity contribution in [3.63, 3.8) is 0 Å². The van der Waals surface area contributed by atoms with E-state index in [-0.39, 0.29) is 11.9 Å². The van der Waals surface area contributed by atoms with Crippen LogP contribution in [0.3, 0.4) is 0 Å². The number of halogens is 1. The molecule has 1 saturated heterocycles. The largest absolute Gasteiger partial charge is 0.372 e. The summed E-state index contributed by atoms with van der Waals surface area (Å²) in [6, 6.07) is 6.44. The first-order valence-electron chi connectivity index (χ1n) is 8.53. The van der Waals surface area contributed by atoms with Gasteiger partial charge in [-0.15, -0.1) is 0 Å². The van der Waals surface area contributed by atoms with Gasteiger partial charge in [-0.3, -0.25) is 9.97 Å². The lowest BCUT2D eigenvalue weighted by Crippen LogP contribution is -2.09. The Morgan fingerprint density at radius 1 is 1.19 bits per heavy atom. The van der Waals surface area contributed by atoms with Gasteiger partial charge in [0.25, 0.3) is 0 Å². The molecule has 132 valence electrons. The molecule has 0 saturated carbocycles. The predicted octanol–water partition coefficient (Wildman–Crippen LogP) is 3.54. The van der Waals surface area contributed by atoms with Gasteiger partial charge in [-0.25, -0.2) is 14.4 Å². The zero-order chi connectivity index (χ0) is 17.8. The summed E-state index contributed by atoms with van der Waals surface area (Å²) in [6.07, 6.45) is 8.54. The average molecular weight is 351 g/mol. The second kappa shape index (κ2) is 7.53. The number of anilines is 1. The molecule has 1 unspecified atom stereocenters. The Morgan fingerprint density at radius 3 is 2.92 bits per heavy atom. The summed E-state index contributed by atoms with van der Waals surface area (Å²) in [7, 11) is 0. The molecule has 1 aliphatic rings. The van der Waals surface area contributed by atoms with Crippen LogP contribution in [-0.2, 0) is 11.3 Å². The van der Waals surface area contributed by atoms with Gasteiger partial charge in [-0.1, -0.05) is 12.1 Å². The molecule has 1 atom stereocenters. The van der Waals surface area contributed by atoms with Crippen molar-refractivity contribution >= 4 is 5.95 Å². The van der Waals surface area contributed by atoms with Crippen LogP contribution in [0.4, 0.5) is 10.3 Å². The summed E-state index contributed by atoms with van der Waals surface area (Å²) in [6.45, 7) is 1.16. The van der Waals surface area contributed by atoms with Gasteiger partial charge in [0.2, 0.25) is 5.95 Å². The van der Waals surface area contributed by atoms with Crippen molar-refractivity contribution in [2.24, 2.45) is 0 Å². The van der Waals surface area contributed by atoms with Crippen LogP contribution in [0.25, 0.3) is 11.3 Å². The first kappa shape index (κ1) is 16.5. The van der Waals surface area contributed by atoms with Crippen LogP contribution in [0, 0.1) is 5.82 Å². The molecule has 6 nitrogen and oxygen atoms in total. The highest BCUT2D eigenvalue weighted by Gasteiger charge is 2.24. The number of hydrogen-bond donors (Lipinski definition) is 1. The third kappa shape index (κ3) is 3.67. The molecule has 0 bridgehead atoms. The van der Waals surface area contributed by atoms with Crippen LogP contribution in [0.15, 0.2) is 49.1 Å². The fourth-order valence-electron chi connectivity index (χ4n) is 2.98. The highest BCUT2D eigenvalue weighted by atomic mass is 19.1. The first-order chi connectivity index (χ1) is 12.8. The number of nitrogens with one attached hydrogen (secondary N) is 1. The van der Waals surface area contributed by atoms with Gasteiger partial charge in [-0.05, 0) is 30.5 Å². The van der Waals surface area contributed by atoms with E-state index in [1.54, 1.807) is 30.9 Å². The van der Waals surface area contributed by atoms with E-state index in [4.69, 9.17) is 4.74 Å². The Kier molecular flexibility index (Phi) is 4.79. The van der Waals surface area contributed by atoms with E-state index in [1.165, 1.54) is 12.1 Å². The van der Waals surface area contributed by atoms with Crippen LogP contribution < -0.4 is 5.32 Å². The summed E-state index contributed by atoms with van der Waals surface area (Å²) in [5, 5.41) is 3.15. The lowest BCUT2D eigenvalue weighted by Gasteiger charge is -2.15. The van der Waals surface area contributed by atoms with Gasteiger partial charge >= 0.3 is 0 Å². The van der Waals surface area contributed by atoms with Crippen LogP contribution >= 0.6 is 0 Å². The Balaban J connectivity index is 1.61. The van der Waals surface area contributed by atoms with Crippen molar-refractivity contribution in [1.29, 1.82) is 0 Å². The standard InChI is InChI=1S/C19H18FN5O/c20-14-4-1-3-13(9-14)10-23-19-24-11-15(16-12-21-6-7-22-16)18(25-19)17-5-2-8-26-17/h1,3-4,6-7,9,11-12,17H,2,5,8,10H2,(H,23,24,25). The third-order valence-electron chi connectivity index (χ3n) is 4.23.